The number of halogens is 1. The Kier molecular flexibility index (Phi) is 4.87. The summed E-state index contributed by atoms with van der Waals surface area (Å²) >= 11 is 1.24. The Morgan fingerprint density at radius 3 is 2.62 bits per heavy atom. The first-order chi connectivity index (χ1) is 12.4. The Labute approximate surface area is 155 Å². The van der Waals surface area contributed by atoms with Gasteiger partial charge in [0.05, 0.1) is 12.7 Å². The maximum Gasteiger partial charge on any atom is 0.335 e. The minimum atomic E-state index is -1.42. The molecule has 4 nitrogen and oxygen atoms in total. The van der Waals surface area contributed by atoms with Crippen LogP contribution in [0, 0.1) is 5.82 Å². The summed E-state index contributed by atoms with van der Waals surface area (Å²) in [4.78, 5) is 26.9. The third-order valence-electron chi connectivity index (χ3n) is 4.46. The molecular weight excluding hydrogens is 353 g/mol. The van der Waals surface area contributed by atoms with Crippen molar-refractivity contribution in [3.8, 4) is 0 Å². The Bertz CT molecular complexity index is 884. The quantitative estimate of drug-likeness (QED) is 0.594. The number of carbonyl (C=O) groups excluding carboxylic acids is 2. The first-order valence-corrected chi connectivity index (χ1v) is 8.94. The fourth-order valence-electron chi connectivity index (χ4n) is 3.09. The average Bonchev–Trinajstić information content (AvgIpc) is 2.87. The zero-order valence-corrected chi connectivity index (χ0v) is 15.3. The van der Waals surface area contributed by atoms with Gasteiger partial charge in [-0.15, -0.1) is 11.8 Å². The SMILES string of the molecule is C=C(C(=O)OC)C1(SCc2ccccc2)C(=O)N(C)c2ccc(F)cc21. The van der Waals surface area contributed by atoms with Gasteiger partial charge in [-0.3, -0.25) is 4.79 Å². The Morgan fingerprint density at radius 1 is 1.27 bits per heavy atom. The molecule has 0 radical (unpaired) electrons. The van der Waals surface area contributed by atoms with Gasteiger partial charge in [-0.25, -0.2) is 9.18 Å². The fourth-order valence-corrected chi connectivity index (χ4v) is 4.51. The van der Waals surface area contributed by atoms with E-state index in [1.807, 2.05) is 30.3 Å². The van der Waals surface area contributed by atoms with Crippen molar-refractivity contribution in [3.05, 3.63) is 77.6 Å². The maximum absolute atomic E-state index is 14.0. The second-order valence-corrected chi connectivity index (χ2v) is 7.14. The molecule has 6 heteroatoms. The standard InChI is InChI=1S/C20H18FNO3S/c1-13(18(23)25-3)20(26-12-14-7-5-4-6-8-14)16-11-15(21)9-10-17(16)22(2)19(20)24/h4-11H,1,12H2,2-3H3. The number of fused-ring (bicyclic) bond motifs is 1. The third-order valence-corrected chi connectivity index (χ3v) is 6.01. The molecule has 3 rings (SSSR count). The van der Waals surface area contributed by atoms with Crippen molar-refractivity contribution in [2.24, 2.45) is 0 Å². The maximum atomic E-state index is 14.0. The van der Waals surface area contributed by atoms with E-state index in [9.17, 15) is 14.0 Å². The van der Waals surface area contributed by atoms with Gasteiger partial charge in [0.25, 0.3) is 5.91 Å². The molecule has 0 aromatic heterocycles. The molecule has 134 valence electrons. The van der Waals surface area contributed by atoms with Gasteiger partial charge in [0, 0.05) is 24.1 Å². The number of carbonyl (C=O) groups is 2. The van der Waals surface area contributed by atoms with E-state index in [1.54, 1.807) is 7.05 Å². The number of hydrogen-bond donors (Lipinski definition) is 0. The van der Waals surface area contributed by atoms with E-state index in [2.05, 4.69) is 6.58 Å². The number of esters is 1. The second kappa shape index (κ2) is 6.96. The predicted molar refractivity (Wildman–Crippen MR) is 100 cm³/mol. The first-order valence-electron chi connectivity index (χ1n) is 7.95. The zero-order chi connectivity index (χ0) is 18.9. The van der Waals surface area contributed by atoms with Gasteiger partial charge >= 0.3 is 5.97 Å². The number of methoxy groups -OCH3 is 1. The zero-order valence-electron chi connectivity index (χ0n) is 14.5. The van der Waals surface area contributed by atoms with Gasteiger partial charge in [-0.2, -0.15) is 0 Å². The summed E-state index contributed by atoms with van der Waals surface area (Å²) in [6, 6.07) is 13.7. The fraction of sp³-hybridized carbons (Fsp3) is 0.200. The summed E-state index contributed by atoms with van der Waals surface area (Å²) in [7, 11) is 2.84. The molecule has 1 aliphatic rings. The number of likely N-dealkylation sites (N-methyl/N-ethyl adjacent to an activating group) is 1. The van der Waals surface area contributed by atoms with E-state index < -0.39 is 16.5 Å². The molecular formula is C20H18FNO3S. The van der Waals surface area contributed by atoms with Gasteiger partial charge < -0.3 is 9.64 Å². The summed E-state index contributed by atoms with van der Waals surface area (Å²) in [6.45, 7) is 3.84. The van der Waals surface area contributed by atoms with Crippen molar-refractivity contribution < 1.29 is 18.7 Å². The lowest BCUT2D eigenvalue weighted by molar-refractivity contribution is -0.137. The van der Waals surface area contributed by atoms with E-state index in [1.165, 1.54) is 42.0 Å². The van der Waals surface area contributed by atoms with Crippen molar-refractivity contribution in [3.63, 3.8) is 0 Å². The lowest BCUT2D eigenvalue weighted by Gasteiger charge is -2.28. The topological polar surface area (TPSA) is 46.6 Å². The first kappa shape index (κ1) is 18.2. The van der Waals surface area contributed by atoms with E-state index in [0.29, 0.717) is 17.0 Å². The van der Waals surface area contributed by atoms with Crippen molar-refractivity contribution in [2.75, 3.05) is 19.1 Å². The lowest BCUT2D eigenvalue weighted by Crippen LogP contribution is -2.40. The van der Waals surface area contributed by atoms with Crippen LogP contribution < -0.4 is 4.90 Å². The highest BCUT2D eigenvalue weighted by atomic mass is 32.2. The van der Waals surface area contributed by atoms with Crippen LogP contribution in [0.2, 0.25) is 0 Å². The molecule has 2 aromatic carbocycles. The van der Waals surface area contributed by atoms with Crippen LogP contribution in [0.4, 0.5) is 10.1 Å². The molecule has 0 spiro atoms. The molecule has 2 aromatic rings. The highest BCUT2D eigenvalue weighted by molar-refractivity contribution is 8.00. The van der Waals surface area contributed by atoms with E-state index >= 15 is 0 Å². The van der Waals surface area contributed by atoms with Crippen LogP contribution in [-0.2, 0) is 24.8 Å². The van der Waals surface area contributed by atoms with Crippen LogP contribution in [0.5, 0.6) is 0 Å². The van der Waals surface area contributed by atoms with Crippen LogP contribution in [0.3, 0.4) is 0 Å². The molecule has 0 fully saturated rings. The highest BCUT2D eigenvalue weighted by Gasteiger charge is 2.54. The molecule has 1 atom stereocenters. The van der Waals surface area contributed by atoms with E-state index in [0.717, 1.165) is 5.56 Å². The molecule has 0 saturated heterocycles. The molecule has 1 amide bonds. The van der Waals surface area contributed by atoms with Crippen LogP contribution >= 0.6 is 11.8 Å². The summed E-state index contributed by atoms with van der Waals surface area (Å²) in [5.41, 5.74) is 1.94. The average molecular weight is 371 g/mol. The van der Waals surface area contributed by atoms with E-state index in [-0.39, 0.29) is 11.5 Å². The second-order valence-electron chi connectivity index (χ2n) is 5.95. The minimum Gasteiger partial charge on any atom is -0.466 e. The molecule has 0 bridgehead atoms. The normalized spacial score (nSPS) is 18.6. The summed E-state index contributed by atoms with van der Waals surface area (Å²) in [5.74, 6) is -1.06. The lowest BCUT2D eigenvalue weighted by atomic mass is 9.92. The molecule has 0 saturated carbocycles. The monoisotopic (exact) mass is 371 g/mol. The van der Waals surface area contributed by atoms with Gasteiger partial charge in [-0.05, 0) is 23.8 Å². The molecule has 1 heterocycles. The Morgan fingerprint density at radius 2 is 1.96 bits per heavy atom. The number of hydrogen-bond acceptors (Lipinski definition) is 4. The summed E-state index contributed by atoms with van der Waals surface area (Å²) in [6.07, 6.45) is 0. The Hall–Kier alpha value is -2.60. The number of anilines is 1. The smallest absolute Gasteiger partial charge is 0.335 e. The number of amides is 1. The molecule has 26 heavy (non-hydrogen) atoms. The minimum absolute atomic E-state index is 0.0119. The van der Waals surface area contributed by atoms with Crippen molar-refractivity contribution in [2.45, 2.75) is 10.5 Å². The molecule has 0 N–H and O–H groups in total. The number of ether oxygens (including phenoxy) is 1. The van der Waals surface area contributed by atoms with Crippen LogP contribution in [0.15, 0.2) is 60.7 Å². The predicted octanol–water partition coefficient (Wildman–Crippen LogP) is 3.66. The highest BCUT2D eigenvalue weighted by Crippen LogP contribution is 2.53. The number of benzene rings is 2. The summed E-state index contributed by atoms with van der Waals surface area (Å²) < 4.78 is 17.4. The van der Waals surface area contributed by atoms with Crippen LogP contribution in [0.1, 0.15) is 11.1 Å². The van der Waals surface area contributed by atoms with Crippen LogP contribution in [0.25, 0.3) is 0 Å². The van der Waals surface area contributed by atoms with E-state index in [4.69, 9.17) is 4.74 Å². The van der Waals surface area contributed by atoms with Crippen LogP contribution in [-0.4, -0.2) is 26.0 Å². The van der Waals surface area contributed by atoms with Crippen molar-refractivity contribution in [1.82, 2.24) is 0 Å². The Balaban J connectivity index is 2.12. The number of nitrogens with zero attached hydrogens (tertiary/aromatic N) is 1. The number of rotatable bonds is 5. The molecule has 0 aliphatic carbocycles. The molecule has 1 unspecified atom stereocenters. The van der Waals surface area contributed by atoms with Crippen molar-refractivity contribution >= 4 is 29.3 Å². The molecule has 1 aliphatic heterocycles. The van der Waals surface area contributed by atoms with Gasteiger partial charge in [-0.1, -0.05) is 36.9 Å². The summed E-state index contributed by atoms with van der Waals surface area (Å²) in [5, 5.41) is 0. The third kappa shape index (κ3) is 2.80. The van der Waals surface area contributed by atoms with Crippen molar-refractivity contribution in [1.29, 1.82) is 0 Å². The van der Waals surface area contributed by atoms with Gasteiger partial charge in [0.2, 0.25) is 0 Å². The number of thioether (sulfide) groups is 1. The van der Waals surface area contributed by atoms with Gasteiger partial charge in [0.1, 0.15) is 5.82 Å². The largest absolute Gasteiger partial charge is 0.466 e. The van der Waals surface area contributed by atoms with Gasteiger partial charge in [0.15, 0.2) is 4.75 Å².